The minimum absolute atomic E-state index is 0.0873. The summed E-state index contributed by atoms with van der Waals surface area (Å²) in [6.45, 7) is 4.03. The predicted octanol–water partition coefficient (Wildman–Crippen LogP) is 4.12. The van der Waals surface area contributed by atoms with E-state index in [4.69, 9.17) is 0 Å². The van der Waals surface area contributed by atoms with Gasteiger partial charge in [-0.1, -0.05) is 55.4 Å². The van der Waals surface area contributed by atoms with E-state index in [-0.39, 0.29) is 11.2 Å². The monoisotopic (exact) mass is 381 g/mol. The van der Waals surface area contributed by atoms with E-state index in [2.05, 4.69) is 39.9 Å². The van der Waals surface area contributed by atoms with Gasteiger partial charge in [0.1, 0.15) is 0 Å². The minimum atomic E-state index is -0.334. The number of thioether (sulfide) groups is 1. The van der Waals surface area contributed by atoms with E-state index in [1.165, 1.54) is 30.2 Å². The minimum Gasteiger partial charge on any atom is -0.325 e. The zero-order valence-corrected chi connectivity index (χ0v) is 16.3. The third kappa shape index (κ3) is 5.17. The van der Waals surface area contributed by atoms with Crippen LogP contribution in [0.4, 0.5) is 5.69 Å². The fraction of sp³-hybridized carbons (Fsp3) is 0.300. The van der Waals surface area contributed by atoms with E-state index in [9.17, 15) is 4.79 Å². The molecule has 7 heteroatoms. The van der Waals surface area contributed by atoms with Crippen LogP contribution in [-0.2, 0) is 11.2 Å². The molecule has 2 aromatic carbocycles. The van der Waals surface area contributed by atoms with Crippen LogP contribution in [0.1, 0.15) is 32.3 Å². The first-order chi connectivity index (χ1) is 13.2. The molecule has 6 nitrogen and oxygen atoms in total. The molecule has 1 aromatic heterocycles. The summed E-state index contributed by atoms with van der Waals surface area (Å²) >= 11 is 1.33. The smallest absolute Gasteiger partial charge is 0.237 e. The number of carbonyl (C=O) groups is 1. The van der Waals surface area contributed by atoms with Crippen molar-refractivity contribution < 1.29 is 4.79 Å². The van der Waals surface area contributed by atoms with Gasteiger partial charge in [-0.3, -0.25) is 4.79 Å². The number of hydrogen-bond donors (Lipinski definition) is 1. The summed E-state index contributed by atoms with van der Waals surface area (Å²) in [4.78, 5) is 12.4. The first-order valence-electron chi connectivity index (χ1n) is 9.07. The molecule has 0 bridgehead atoms. The highest BCUT2D eigenvalue weighted by Gasteiger charge is 2.19. The van der Waals surface area contributed by atoms with E-state index < -0.39 is 0 Å². The average Bonchev–Trinajstić information content (AvgIpc) is 3.15. The van der Waals surface area contributed by atoms with E-state index in [1.807, 2.05) is 49.4 Å². The summed E-state index contributed by atoms with van der Waals surface area (Å²) in [5.41, 5.74) is 2.97. The number of hydrogen-bond acceptors (Lipinski definition) is 5. The number of anilines is 1. The summed E-state index contributed by atoms with van der Waals surface area (Å²) in [5, 5.41) is 15.1. The van der Waals surface area contributed by atoms with Crippen molar-refractivity contribution in [3.8, 4) is 5.69 Å². The van der Waals surface area contributed by atoms with Gasteiger partial charge < -0.3 is 5.32 Å². The maximum absolute atomic E-state index is 12.4. The van der Waals surface area contributed by atoms with Gasteiger partial charge in [0.25, 0.3) is 0 Å². The third-order valence-electron chi connectivity index (χ3n) is 4.13. The summed E-state index contributed by atoms with van der Waals surface area (Å²) in [6.07, 6.45) is 3.43. The van der Waals surface area contributed by atoms with Crippen LogP contribution < -0.4 is 5.32 Å². The van der Waals surface area contributed by atoms with Crippen molar-refractivity contribution in [1.29, 1.82) is 0 Å². The first kappa shape index (κ1) is 19.1. The molecule has 0 spiro atoms. The molecule has 0 saturated heterocycles. The lowest BCUT2D eigenvalue weighted by molar-refractivity contribution is -0.115. The Morgan fingerprint density at radius 1 is 1.15 bits per heavy atom. The van der Waals surface area contributed by atoms with Gasteiger partial charge in [0.2, 0.25) is 11.1 Å². The van der Waals surface area contributed by atoms with E-state index >= 15 is 0 Å². The van der Waals surface area contributed by atoms with E-state index in [0.29, 0.717) is 5.16 Å². The Balaban J connectivity index is 1.66. The van der Waals surface area contributed by atoms with Gasteiger partial charge in [-0.2, -0.15) is 4.68 Å². The van der Waals surface area contributed by atoms with Crippen LogP contribution in [0.3, 0.4) is 0 Å². The number of benzene rings is 2. The first-order valence-corrected chi connectivity index (χ1v) is 9.95. The van der Waals surface area contributed by atoms with Gasteiger partial charge in [0.15, 0.2) is 0 Å². The maximum Gasteiger partial charge on any atom is 0.237 e. The van der Waals surface area contributed by atoms with Crippen LogP contribution in [0.25, 0.3) is 5.69 Å². The number of tetrazole rings is 1. The van der Waals surface area contributed by atoms with Crippen molar-refractivity contribution in [2.24, 2.45) is 0 Å². The van der Waals surface area contributed by atoms with Crippen molar-refractivity contribution in [3.63, 3.8) is 0 Å². The van der Waals surface area contributed by atoms with Crippen LogP contribution in [0.5, 0.6) is 0 Å². The van der Waals surface area contributed by atoms with Gasteiger partial charge in [-0.05, 0) is 60.0 Å². The SMILES string of the molecule is CCCCc1ccc(-n2nnnc2S[C@@H](C)C(=O)Nc2ccccc2)cc1. The molecule has 0 aliphatic carbocycles. The standard InChI is InChI=1S/C20H23N5OS/c1-3-4-8-16-11-13-18(14-12-16)25-20(22-23-24-25)27-15(2)19(26)21-17-9-6-5-7-10-17/h5-7,9-15H,3-4,8H2,1-2H3,(H,21,26)/t15-/m0/s1. The van der Waals surface area contributed by atoms with Gasteiger partial charge in [0, 0.05) is 5.69 Å². The lowest BCUT2D eigenvalue weighted by Gasteiger charge is -2.12. The molecule has 0 aliphatic rings. The molecule has 0 unspecified atom stereocenters. The van der Waals surface area contributed by atoms with Crippen molar-refractivity contribution in [3.05, 3.63) is 60.2 Å². The fourth-order valence-electron chi connectivity index (χ4n) is 2.58. The molecule has 0 fully saturated rings. The Kier molecular flexibility index (Phi) is 6.59. The number of aromatic nitrogens is 4. The molecule has 3 rings (SSSR count). The Hall–Kier alpha value is -2.67. The van der Waals surface area contributed by atoms with Crippen LogP contribution in [0.2, 0.25) is 0 Å². The highest BCUT2D eigenvalue weighted by atomic mass is 32.2. The van der Waals surface area contributed by atoms with Crippen LogP contribution in [0, 0.1) is 0 Å². The molecule has 27 heavy (non-hydrogen) atoms. The zero-order chi connectivity index (χ0) is 19.1. The summed E-state index contributed by atoms with van der Waals surface area (Å²) in [6, 6.07) is 17.6. The number of rotatable bonds is 8. The molecule has 0 saturated carbocycles. The number of aryl methyl sites for hydroxylation is 1. The van der Waals surface area contributed by atoms with Gasteiger partial charge in [-0.25, -0.2) is 0 Å². The number of unbranched alkanes of at least 4 members (excludes halogenated alkanes) is 1. The molecule has 3 aromatic rings. The van der Waals surface area contributed by atoms with Crippen molar-refractivity contribution in [2.45, 2.75) is 43.5 Å². The number of para-hydroxylation sites is 1. The number of amides is 1. The third-order valence-corrected chi connectivity index (χ3v) is 5.17. The molecule has 1 amide bonds. The Bertz CT molecular complexity index is 864. The molecule has 0 aliphatic heterocycles. The number of carbonyl (C=O) groups excluding carboxylic acids is 1. The molecule has 1 atom stereocenters. The van der Waals surface area contributed by atoms with Crippen LogP contribution >= 0.6 is 11.8 Å². The molecule has 140 valence electrons. The Morgan fingerprint density at radius 3 is 2.59 bits per heavy atom. The van der Waals surface area contributed by atoms with Crippen LogP contribution in [0.15, 0.2) is 59.8 Å². The zero-order valence-electron chi connectivity index (χ0n) is 15.5. The fourth-order valence-corrected chi connectivity index (χ4v) is 3.38. The lowest BCUT2D eigenvalue weighted by atomic mass is 10.1. The second-order valence-corrected chi connectivity index (χ2v) is 7.57. The Labute approximate surface area is 163 Å². The van der Waals surface area contributed by atoms with Gasteiger partial charge in [0.05, 0.1) is 10.9 Å². The van der Waals surface area contributed by atoms with Gasteiger partial charge >= 0.3 is 0 Å². The molecule has 0 radical (unpaired) electrons. The molecular weight excluding hydrogens is 358 g/mol. The summed E-state index contributed by atoms with van der Waals surface area (Å²) in [5.74, 6) is -0.0873. The van der Waals surface area contributed by atoms with Gasteiger partial charge in [-0.15, -0.1) is 5.10 Å². The molecular formula is C20H23N5OS. The average molecular weight is 382 g/mol. The lowest BCUT2D eigenvalue weighted by Crippen LogP contribution is -2.22. The molecule has 1 N–H and O–H groups in total. The number of nitrogens with one attached hydrogen (secondary N) is 1. The van der Waals surface area contributed by atoms with Crippen molar-refractivity contribution >= 4 is 23.4 Å². The quantitative estimate of drug-likeness (QED) is 0.594. The second kappa shape index (κ2) is 9.32. The summed E-state index contributed by atoms with van der Waals surface area (Å²) in [7, 11) is 0. The maximum atomic E-state index is 12.4. The second-order valence-electron chi connectivity index (χ2n) is 6.26. The van der Waals surface area contributed by atoms with Crippen molar-refractivity contribution in [1.82, 2.24) is 20.2 Å². The van der Waals surface area contributed by atoms with Crippen molar-refractivity contribution in [2.75, 3.05) is 5.32 Å². The normalized spacial score (nSPS) is 11.9. The number of nitrogens with zero attached hydrogens (tertiary/aromatic N) is 4. The van der Waals surface area contributed by atoms with E-state index in [1.54, 1.807) is 4.68 Å². The topological polar surface area (TPSA) is 72.7 Å². The highest BCUT2D eigenvalue weighted by Crippen LogP contribution is 2.24. The molecule has 1 heterocycles. The Morgan fingerprint density at radius 2 is 1.89 bits per heavy atom. The van der Waals surface area contributed by atoms with Crippen LogP contribution in [-0.4, -0.2) is 31.4 Å². The largest absolute Gasteiger partial charge is 0.325 e. The predicted molar refractivity (Wildman–Crippen MR) is 108 cm³/mol. The highest BCUT2D eigenvalue weighted by molar-refractivity contribution is 8.00. The summed E-state index contributed by atoms with van der Waals surface area (Å²) < 4.78 is 1.67. The van der Waals surface area contributed by atoms with E-state index in [0.717, 1.165) is 17.8 Å².